The van der Waals surface area contributed by atoms with Crippen LogP contribution in [0.4, 0.5) is 0 Å². The van der Waals surface area contributed by atoms with Crippen molar-refractivity contribution in [3.8, 4) is 0 Å². The number of carbonyl (C=O) groups excluding carboxylic acids is 1. The third-order valence-corrected chi connectivity index (χ3v) is 4.55. The minimum Gasteiger partial charge on any atom is -0.390 e. The third-order valence-electron chi connectivity index (χ3n) is 4.55. The Kier molecular flexibility index (Phi) is 4.03. The standard InChI is InChI=1S/C19H18N4O2/c24-17-9-13-5-1-3-7-15(13)18(17)22-19(25)16-8-4-2-6-14(16)10-23-12-20-11-21-23/h1-8,11-12,17-18,24H,9-10H2,(H,22,25)/t17-,18+/m0/s1. The van der Waals surface area contributed by atoms with Crippen LogP contribution < -0.4 is 5.32 Å². The number of aromatic nitrogens is 3. The SMILES string of the molecule is O=C(N[C@@H]1c2ccccc2C[C@@H]1O)c1ccccc1Cn1cncn1. The van der Waals surface area contributed by atoms with Crippen LogP contribution in [-0.4, -0.2) is 31.9 Å². The maximum atomic E-state index is 12.8. The largest absolute Gasteiger partial charge is 0.390 e. The van der Waals surface area contributed by atoms with Gasteiger partial charge >= 0.3 is 0 Å². The third kappa shape index (κ3) is 3.04. The summed E-state index contributed by atoms with van der Waals surface area (Å²) in [6, 6.07) is 14.8. The topological polar surface area (TPSA) is 80.0 Å². The molecule has 2 atom stereocenters. The molecular weight excluding hydrogens is 316 g/mol. The molecule has 1 aliphatic rings. The van der Waals surface area contributed by atoms with Crippen molar-refractivity contribution < 1.29 is 9.90 Å². The van der Waals surface area contributed by atoms with Crippen LogP contribution in [0.5, 0.6) is 0 Å². The van der Waals surface area contributed by atoms with Crippen molar-refractivity contribution in [2.24, 2.45) is 0 Å². The highest BCUT2D eigenvalue weighted by atomic mass is 16.3. The summed E-state index contributed by atoms with van der Waals surface area (Å²) in [6.45, 7) is 0.466. The van der Waals surface area contributed by atoms with Gasteiger partial charge in [0.25, 0.3) is 5.91 Å². The molecule has 3 aromatic rings. The molecule has 0 unspecified atom stereocenters. The maximum Gasteiger partial charge on any atom is 0.252 e. The number of nitrogens with one attached hydrogen (secondary N) is 1. The molecule has 126 valence electrons. The van der Waals surface area contributed by atoms with Gasteiger partial charge in [-0.3, -0.25) is 4.79 Å². The number of nitrogens with zero attached hydrogens (tertiary/aromatic N) is 3. The minimum atomic E-state index is -0.608. The normalized spacial score (nSPS) is 18.8. The number of aliphatic hydroxyl groups excluding tert-OH is 1. The molecule has 0 radical (unpaired) electrons. The van der Waals surface area contributed by atoms with Gasteiger partial charge in [0, 0.05) is 12.0 Å². The van der Waals surface area contributed by atoms with Gasteiger partial charge in [-0.2, -0.15) is 5.10 Å². The van der Waals surface area contributed by atoms with Gasteiger partial charge in [0.05, 0.1) is 18.7 Å². The molecule has 1 amide bonds. The minimum absolute atomic E-state index is 0.198. The van der Waals surface area contributed by atoms with E-state index in [1.807, 2.05) is 42.5 Å². The Morgan fingerprint density at radius 3 is 2.84 bits per heavy atom. The highest BCUT2D eigenvalue weighted by Crippen LogP contribution is 2.31. The Hall–Kier alpha value is -2.99. The molecule has 1 heterocycles. The van der Waals surface area contributed by atoms with Crippen LogP contribution in [0, 0.1) is 0 Å². The second-order valence-electron chi connectivity index (χ2n) is 6.17. The zero-order chi connectivity index (χ0) is 17.2. The fraction of sp³-hybridized carbons (Fsp3) is 0.211. The molecule has 6 heteroatoms. The second-order valence-corrected chi connectivity index (χ2v) is 6.17. The fourth-order valence-corrected chi connectivity index (χ4v) is 3.34. The van der Waals surface area contributed by atoms with Gasteiger partial charge in [0.15, 0.2) is 0 Å². The Morgan fingerprint density at radius 2 is 2.00 bits per heavy atom. The van der Waals surface area contributed by atoms with Gasteiger partial charge in [0.1, 0.15) is 12.7 Å². The van der Waals surface area contributed by atoms with Crippen molar-refractivity contribution in [1.29, 1.82) is 0 Å². The number of rotatable bonds is 4. The molecule has 0 bridgehead atoms. The molecule has 0 aliphatic heterocycles. The first kappa shape index (κ1) is 15.5. The highest BCUT2D eigenvalue weighted by molar-refractivity contribution is 5.96. The van der Waals surface area contributed by atoms with Crippen molar-refractivity contribution in [3.05, 3.63) is 83.4 Å². The van der Waals surface area contributed by atoms with Crippen LogP contribution in [0.25, 0.3) is 0 Å². The molecule has 0 saturated carbocycles. The average molecular weight is 334 g/mol. The smallest absolute Gasteiger partial charge is 0.252 e. The molecule has 0 fully saturated rings. The van der Waals surface area contributed by atoms with E-state index in [9.17, 15) is 9.90 Å². The van der Waals surface area contributed by atoms with Crippen molar-refractivity contribution in [3.63, 3.8) is 0 Å². The number of fused-ring (bicyclic) bond motifs is 1. The van der Waals surface area contributed by atoms with Crippen molar-refractivity contribution >= 4 is 5.91 Å². The van der Waals surface area contributed by atoms with Gasteiger partial charge < -0.3 is 10.4 Å². The molecule has 2 aromatic carbocycles. The number of hydrogen-bond acceptors (Lipinski definition) is 4. The lowest BCUT2D eigenvalue weighted by molar-refractivity contribution is 0.0857. The Bertz CT molecular complexity index is 892. The molecular formula is C19H18N4O2. The fourth-order valence-electron chi connectivity index (χ4n) is 3.34. The highest BCUT2D eigenvalue weighted by Gasteiger charge is 2.32. The van der Waals surface area contributed by atoms with Crippen LogP contribution in [0.1, 0.15) is 33.1 Å². The first-order valence-electron chi connectivity index (χ1n) is 8.19. The Balaban J connectivity index is 1.58. The summed E-state index contributed by atoms with van der Waals surface area (Å²) in [6.07, 6.45) is 3.03. The lowest BCUT2D eigenvalue weighted by atomic mass is 10.0. The number of hydrogen-bond donors (Lipinski definition) is 2. The van der Waals surface area contributed by atoms with E-state index in [0.29, 0.717) is 18.5 Å². The predicted molar refractivity (Wildman–Crippen MR) is 91.9 cm³/mol. The monoisotopic (exact) mass is 334 g/mol. The Labute approximate surface area is 145 Å². The quantitative estimate of drug-likeness (QED) is 0.761. The summed E-state index contributed by atoms with van der Waals surface area (Å²) >= 11 is 0. The van der Waals surface area contributed by atoms with Crippen LogP contribution in [-0.2, 0) is 13.0 Å². The maximum absolute atomic E-state index is 12.8. The number of benzene rings is 2. The summed E-state index contributed by atoms with van der Waals surface area (Å²) in [5.41, 5.74) is 3.49. The zero-order valence-corrected chi connectivity index (χ0v) is 13.5. The summed E-state index contributed by atoms with van der Waals surface area (Å²) < 4.78 is 1.67. The van der Waals surface area contributed by atoms with Crippen LogP contribution in [0.2, 0.25) is 0 Å². The van der Waals surface area contributed by atoms with E-state index in [0.717, 1.165) is 16.7 Å². The van der Waals surface area contributed by atoms with Crippen LogP contribution in [0.15, 0.2) is 61.2 Å². The summed E-state index contributed by atoms with van der Waals surface area (Å²) in [4.78, 5) is 16.8. The van der Waals surface area contributed by atoms with E-state index >= 15 is 0 Å². The molecule has 1 aromatic heterocycles. The first-order chi connectivity index (χ1) is 12.2. The molecule has 25 heavy (non-hydrogen) atoms. The van der Waals surface area contributed by atoms with E-state index in [1.54, 1.807) is 17.1 Å². The van der Waals surface area contributed by atoms with E-state index in [-0.39, 0.29) is 11.9 Å². The summed E-state index contributed by atoms with van der Waals surface area (Å²) in [5, 5.41) is 17.4. The van der Waals surface area contributed by atoms with Gasteiger partial charge in [-0.05, 0) is 22.8 Å². The van der Waals surface area contributed by atoms with Crippen molar-refractivity contribution in [2.75, 3.05) is 0 Å². The zero-order valence-electron chi connectivity index (χ0n) is 13.5. The molecule has 2 N–H and O–H groups in total. The number of carbonyl (C=O) groups is 1. The van der Waals surface area contributed by atoms with Crippen molar-refractivity contribution in [1.82, 2.24) is 20.1 Å². The number of aliphatic hydroxyl groups is 1. The molecule has 0 spiro atoms. The van der Waals surface area contributed by atoms with Gasteiger partial charge in [-0.15, -0.1) is 0 Å². The van der Waals surface area contributed by atoms with Crippen LogP contribution >= 0.6 is 0 Å². The van der Waals surface area contributed by atoms with Gasteiger partial charge in [-0.1, -0.05) is 42.5 Å². The summed E-state index contributed by atoms with van der Waals surface area (Å²) in [7, 11) is 0. The number of amides is 1. The van der Waals surface area contributed by atoms with E-state index < -0.39 is 6.10 Å². The van der Waals surface area contributed by atoms with E-state index in [2.05, 4.69) is 15.4 Å². The Morgan fingerprint density at radius 1 is 1.20 bits per heavy atom. The summed E-state index contributed by atoms with van der Waals surface area (Å²) in [5.74, 6) is -0.198. The van der Waals surface area contributed by atoms with E-state index in [1.165, 1.54) is 6.33 Å². The van der Waals surface area contributed by atoms with Crippen molar-refractivity contribution in [2.45, 2.75) is 25.1 Å². The lowest BCUT2D eigenvalue weighted by Crippen LogP contribution is -2.34. The van der Waals surface area contributed by atoms with Gasteiger partial charge in [0.2, 0.25) is 0 Å². The van der Waals surface area contributed by atoms with Crippen LogP contribution in [0.3, 0.4) is 0 Å². The second kappa shape index (κ2) is 6.49. The average Bonchev–Trinajstić information content (AvgIpc) is 3.24. The molecule has 4 rings (SSSR count). The van der Waals surface area contributed by atoms with Gasteiger partial charge in [-0.25, -0.2) is 9.67 Å². The lowest BCUT2D eigenvalue weighted by Gasteiger charge is -2.19. The molecule has 6 nitrogen and oxygen atoms in total. The first-order valence-corrected chi connectivity index (χ1v) is 8.19. The molecule has 0 saturated heterocycles. The predicted octanol–water partition coefficient (Wildman–Crippen LogP) is 1.71. The molecule has 1 aliphatic carbocycles. The van der Waals surface area contributed by atoms with E-state index in [4.69, 9.17) is 0 Å².